The van der Waals surface area contributed by atoms with Gasteiger partial charge >= 0.3 is 0 Å². The number of nitrogens with zero attached hydrogens (tertiary/aromatic N) is 3. The molecule has 2 saturated heterocycles. The van der Waals surface area contributed by atoms with Crippen molar-refractivity contribution in [3.63, 3.8) is 0 Å². The Kier molecular flexibility index (Phi) is 6.25. The molecule has 4 atom stereocenters. The zero-order chi connectivity index (χ0) is 26.5. The van der Waals surface area contributed by atoms with Crippen LogP contribution in [0.4, 0.5) is 0 Å². The highest BCUT2D eigenvalue weighted by Gasteiger charge is 2.64. The second-order valence-electron chi connectivity index (χ2n) is 10.5. The Labute approximate surface area is 222 Å². The highest BCUT2D eigenvalue weighted by Crippen LogP contribution is 2.59. The molecule has 0 radical (unpaired) electrons. The fourth-order valence-electron chi connectivity index (χ4n) is 5.50. The van der Waals surface area contributed by atoms with E-state index >= 15 is 0 Å². The Morgan fingerprint density at radius 3 is 2.63 bits per heavy atom. The summed E-state index contributed by atoms with van der Waals surface area (Å²) in [6, 6.07) is 18.9. The van der Waals surface area contributed by atoms with Crippen LogP contribution < -0.4 is 4.74 Å². The van der Waals surface area contributed by atoms with E-state index in [0.717, 1.165) is 28.9 Å². The molecule has 198 valence electrons. The van der Waals surface area contributed by atoms with Gasteiger partial charge in [0.2, 0.25) is 0 Å². The van der Waals surface area contributed by atoms with Gasteiger partial charge in [0.1, 0.15) is 11.4 Å². The molecule has 1 aliphatic carbocycles. The van der Waals surface area contributed by atoms with E-state index in [1.165, 1.54) is 5.56 Å². The molecule has 4 heterocycles. The van der Waals surface area contributed by atoms with Crippen molar-refractivity contribution < 1.29 is 22.1 Å². The van der Waals surface area contributed by atoms with Crippen molar-refractivity contribution in [3.8, 4) is 5.75 Å². The van der Waals surface area contributed by atoms with Gasteiger partial charge in [-0.25, -0.2) is 9.50 Å². The first kappa shape index (κ1) is 25.0. The highest BCUT2D eigenvalue weighted by molar-refractivity contribution is 7.86. The number of rotatable bonds is 9. The normalized spacial score (nSPS) is 23.3. The minimum absolute atomic E-state index is 0.0289. The number of aryl methyl sites for hydroxylation is 2. The summed E-state index contributed by atoms with van der Waals surface area (Å²) in [6.07, 6.45) is 2.59. The lowest BCUT2D eigenvalue weighted by Gasteiger charge is -2.42. The largest absolute Gasteiger partial charge is 0.491 e. The molecule has 0 spiro atoms. The SMILES string of the molecule is Cc1ccc(S(=O)(=O)OCC2C3COC2(c2nc4c(C)cc(OC[C@H](C)c5ccccc5)cn4n2)C3)cc1. The van der Waals surface area contributed by atoms with Gasteiger partial charge in [0.25, 0.3) is 10.1 Å². The smallest absolute Gasteiger partial charge is 0.296 e. The lowest BCUT2D eigenvalue weighted by atomic mass is 9.64. The van der Waals surface area contributed by atoms with Crippen LogP contribution in [-0.2, 0) is 24.6 Å². The summed E-state index contributed by atoms with van der Waals surface area (Å²) in [6.45, 7) is 7.14. The number of ether oxygens (including phenoxy) is 2. The minimum atomic E-state index is -3.86. The van der Waals surface area contributed by atoms with Crippen LogP contribution in [0.2, 0.25) is 0 Å². The molecule has 2 aromatic carbocycles. The van der Waals surface area contributed by atoms with E-state index in [1.54, 1.807) is 28.8 Å². The molecule has 8 nitrogen and oxygen atoms in total. The maximum atomic E-state index is 12.8. The van der Waals surface area contributed by atoms with Crippen LogP contribution in [0.5, 0.6) is 5.75 Å². The molecule has 3 aliphatic rings. The maximum Gasteiger partial charge on any atom is 0.296 e. The van der Waals surface area contributed by atoms with Crippen LogP contribution in [0.15, 0.2) is 71.8 Å². The molecule has 3 unspecified atom stereocenters. The van der Waals surface area contributed by atoms with Gasteiger partial charge in [-0.2, -0.15) is 8.42 Å². The van der Waals surface area contributed by atoms with Gasteiger partial charge in [-0.15, -0.1) is 5.10 Å². The number of fused-ring (bicyclic) bond motifs is 2. The van der Waals surface area contributed by atoms with E-state index in [0.29, 0.717) is 19.0 Å². The molecule has 2 aliphatic heterocycles. The third-order valence-electron chi connectivity index (χ3n) is 7.84. The van der Waals surface area contributed by atoms with Crippen LogP contribution in [0.25, 0.3) is 5.65 Å². The fourth-order valence-corrected chi connectivity index (χ4v) is 6.43. The second-order valence-corrected chi connectivity index (χ2v) is 12.1. The van der Waals surface area contributed by atoms with Gasteiger partial charge < -0.3 is 9.47 Å². The zero-order valence-corrected chi connectivity index (χ0v) is 22.5. The Hall–Kier alpha value is -3.27. The molecule has 2 aromatic heterocycles. The Morgan fingerprint density at radius 2 is 1.89 bits per heavy atom. The van der Waals surface area contributed by atoms with Crippen molar-refractivity contribution in [3.05, 3.63) is 89.4 Å². The predicted molar refractivity (Wildman–Crippen MR) is 142 cm³/mol. The summed E-state index contributed by atoms with van der Waals surface area (Å²) in [7, 11) is -3.86. The summed E-state index contributed by atoms with van der Waals surface area (Å²) in [5.74, 6) is 1.60. The number of pyridine rings is 1. The summed E-state index contributed by atoms with van der Waals surface area (Å²) < 4.78 is 45.1. The third kappa shape index (κ3) is 4.38. The van der Waals surface area contributed by atoms with E-state index < -0.39 is 15.7 Å². The molecule has 38 heavy (non-hydrogen) atoms. The van der Waals surface area contributed by atoms with Crippen LogP contribution in [0.1, 0.15) is 41.8 Å². The summed E-state index contributed by atoms with van der Waals surface area (Å²) in [5.41, 5.74) is 3.13. The Bertz CT molecular complexity index is 1570. The van der Waals surface area contributed by atoms with E-state index in [9.17, 15) is 8.42 Å². The number of hydrogen-bond donors (Lipinski definition) is 0. The maximum absolute atomic E-state index is 12.8. The van der Waals surface area contributed by atoms with E-state index in [1.807, 2.05) is 44.3 Å². The summed E-state index contributed by atoms with van der Waals surface area (Å²) >= 11 is 0. The molecule has 4 aromatic rings. The van der Waals surface area contributed by atoms with E-state index in [-0.39, 0.29) is 29.3 Å². The topological polar surface area (TPSA) is 92.0 Å². The van der Waals surface area contributed by atoms with Gasteiger partial charge in [-0.05, 0) is 55.5 Å². The van der Waals surface area contributed by atoms with Crippen molar-refractivity contribution in [2.24, 2.45) is 11.8 Å². The summed E-state index contributed by atoms with van der Waals surface area (Å²) in [4.78, 5) is 4.97. The van der Waals surface area contributed by atoms with Crippen molar-refractivity contribution in [2.75, 3.05) is 19.8 Å². The van der Waals surface area contributed by atoms with Crippen molar-refractivity contribution in [2.45, 2.75) is 43.6 Å². The van der Waals surface area contributed by atoms with Crippen molar-refractivity contribution >= 4 is 15.8 Å². The van der Waals surface area contributed by atoms with Crippen LogP contribution in [0.3, 0.4) is 0 Å². The molecule has 0 N–H and O–H groups in total. The molecular weight excluding hydrogens is 502 g/mol. The van der Waals surface area contributed by atoms with E-state index in [4.69, 9.17) is 23.7 Å². The first-order valence-electron chi connectivity index (χ1n) is 12.9. The quantitative estimate of drug-likeness (QED) is 0.286. The van der Waals surface area contributed by atoms with Gasteiger partial charge in [0.05, 0.1) is 30.9 Å². The number of hydrogen-bond acceptors (Lipinski definition) is 7. The Morgan fingerprint density at radius 1 is 1.13 bits per heavy atom. The molecule has 9 heteroatoms. The highest BCUT2D eigenvalue weighted by atomic mass is 32.2. The third-order valence-corrected chi connectivity index (χ3v) is 9.14. The predicted octanol–water partition coefficient (Wildman–Crippen LogP) is 4.80. The van der Waals surface area contributed by atoms with Crippen molar-refractivity contribution in [1.82, 2.24) is 14.6 Å². The zero-order valence-electron chi connectivity index (χ0n) is 21.7. The molecule has 1 saturated carbocycles. The van der Waals surface area contributed by atoms with Gasteiger partial charge in [0.15, 0.2) is 11.5 Å². The van der Waals surface area contributed by atoms with Gasteiger partial charge in [-0.1, -0.05) is 55.0 Å². The van der Waals surface area contributed by atoms with Crippen LogP contribution in [0, 0.1) is 25.7 Å². The monoisotopic (exact) mass is 533 g/mol. The Balaban J connectivity index is 1.19. The lowest BCUT2D eigenvalue weighted by Crippen LogP contribution is -2.48. The van der Waals surface area contributed by atoms with Crippen molar-refractivity contribution in [1.29, 1.82) is 0 Å². The molecule has 2 bridgehead atoms. The standard InChI is InChI=1S/C29H31N3O5S/c1-19-9-11-25(12-10-19)38(33,34)37-18-26-23-14-29(26,36-17-23)28-30-27-20(2)13-24(15-32(27)31-28)35-16-21(3)22-7-5-4-6-8-22/h4-13,15,21,23,26H,14,16-18H2,1-3H3/t21-,23?,26?,29?/m0/s1. The number of benzene rings is 2. The fraction of sp³-hybridized carbons (Fsp3) is 0.379. The molecule has 3 fully saturated rings. The molecule has 7 rings (SSSR count). The molecular formula is C29H31N3O5S. The van der Waals surface area contributed by atoms with Gasteiger partial charge in [0, 0.05) is 11.8 Å². The lowest BCUT2D eigenvalue weighted by molar-refractivity contribution is -0.0792. The first-order chi connectivity index (χ1) is 18.2. The van der Waals surface area contributed by atoms with Crippen LogP contribution >= 0.6 is 0 Å². The van der Waals surface area contributed by atoms with E-state index in [2.05, 4.69) is 19.1 Å². The molecule has 0 amide bonds. The minimum Gasteiger partial charge on any atom is -0.491 e. The number of aromatic nitrogens is 3. The second kappa shape index (κ2) is 9.48. The first-order valence-corrected chi connectivity index (χ1v) is 14.3. The van der Waals surface area contributed by atoms with Crippen LogP contribution in [-0.4, -0.2) is 42.8 Å². The average Bonchev–Trinajstić information content (AvgIpc) is 3.62. The average molecular weight is 534 g/mol. The summed E-state index contributed by atoms with van der Waals surface area (Å²) in [5, 5.41) is 4.77. The van der Waals surface area contributed by atoms with Gasteiger partial charge in [-0.3, -0.25) is 4.18 Å².